The molecule has 0 bridgehead atoms. The summed E-state index contributed by atoms with van der Waals surface area (Å²) in [5, 5.41) is 17.0. The molecule has 1 atom stereocenters. The Morgan fingerprint density at radius 1 is 1.73 bits per heavy atom. The molecule has 2 N–H and O–H groups in total. The van der Waals surface area contributed by atoms with Gasteiger partial charge in [-0.1, -0.05) is 17.7 Å². The molecule has 11 heavy (non-hydrogen) atoms. The Morgan fingerprint density at radius 3 is 2.64 bits per heavy atom. The van der Waals surface area contributed by atoms with Crippen molar-refractivity contribution in [3.63, 3.8) is 0 Å². The van der Waals surface area contributed by atoms with E-state index >= 15 is 0 Å². The van der Waals surface area contributed by atoms with Gasteiger partial charge in [0.2, 0.25) is 0 Å². The van der Waals surface area contributed by atoms with Crippen molar-refractivity contribution in [2.24, 2.45) is 0 Å². The van der Waals surface area contributed by atoms with Crippen LogP contribution in [-0.2, 0) is 4.79 Å². The van der Waals surface area contributed by atoms with E-state index in [0.717, 1.165) is 0 Å². The van der Waals surface area contributed by atoms with Gasteiger partial charge in [-0.15, -0.1) is 0 Å². The van der Waals surface area contributed by atoms with Gasteiger partial charge in [0.15, 0.2) is 0 Å². The van der Waals surface area contributed by atoms with Gasteiger partial charge >= 0.3 is 5.97 Å². The summed E-state index contributed by atoms with van der Waals surface area (Å²) in [7, 11) is 0. The number of carbonyl (C=O) groups is 1. The van der Waals surface area contributed by atoms with Gasteiger partial charge in [0.25, 0.3) is 0 Å². The minimum absolute atomic E-state index is 0.280. The molecule has 0 saturated heterocycles. The number of carboxylic acid groups (broad SMARTS) is 1. The normalized spacial score (nSPS) is 14.6. The van der Waals surface area contributed by atoms with Crippen molar-refractivity contribution in [1.82, 2.24) is 0 Å². The van der Waals surface area contributed by atoms with Crippen LogP contribution in [0.15, 0.2) is 11.6 Å². The SMILES string of the molecule is CC(=CCCC(O)Cl)C(=O)O. The van der Waals surface area contributed by atoms with E-state index in [2.05, 4.69) is 0 Å². The Bertz CT molecular complexity index is 163. The number of rotatable bonds is 4. The van der Waals surface area contributed by atoms with E-state index in [1.807, 2.05) is 0 Å². The maximum Gasteiger partial charge on any atom is 0.330 e. The van der Waals surface area contributed by atoms with Crippen LogP contribution >= 0.6 is 11.6 Å². The Balaban J connectivity index is 3.65. The Morgan fingerprint density at radius 2 is 2.27 bits per heavy atom. The zero-order chi connectivity index (χ0) is 8.85. The van der Waals surface area contributed by atoms with Crippen molar-refractivity contribution < 1.29 is 15.0 Å². The number of hydrogen-bond acceptors (Lipinski definition) is 2. The smallest absolute Gasteiger partial charge is 0.330 e. The number of allylic oxidation sites excluding steroid dienone is 1. The van der Waals surface area contributed by atoms with Gasteiger partial charge in [-0.05, 0) is 19.8 Å². The summed E-state index contributed by atoms with van der Waals surface area (Å²) in [5.74, 6) is -0.936. The highest BCUT2D eigenvalue weighted by Gasteiger charge is 1.99. The van der Waals surface area contributed by atoms with Crippen LogP contribution in [0, 0.1) is 0 Å². The number of carboxylic acids is 1. The molecule has 0 radical (unpaired) electrons. The summed E-state index contributed by atoms with van der Waals surface area (Å²) in [6.45, 7) is 1.50. The molecule has 0 fully saturated rings. The van der Waals surface area contributed by atoms with Crippen molar-refractivity contribution >= 4 is 17.6 Å². The van der Waals surface area contributed by atoms with E-state index in [0.29, 0.717) is 12.8 Å². The van der Waals surface area contributed by atoms with Crippen molar-refractivity contribution in [2.75, 3.05) is 0 Å². The molecule has 1 unspecified atom stereocenters. The molecule has 3 nitrogen and oxygen atoms in total. The predicted molar refractivity (Wildman–Crippen MR) is 42.5 cm³/mol. The number of alkyl halides is 1. The highest BCUT2D eigenvalue weighted by Crippen LogP contribution is 2.04. The fourth-order valence-corrected chi connectivity index (χ4v) is 0.651. The van der Waals surface area contributed by atoms with Crippen molar-refractivity contribution in [1.29, 1.82) is 0 Å². The van der Waals surface area contributed by atoms with Crippen LogP contribution in [0.1, 0.15) is 19.8 Å². The average Bonchev–Trinajstić information content (AvgIpc) is 1.86. The maximum absolute atomic E-state index is 10.2. The fraction of sp³-hybridized carbons (Fsp3) is 0.571. The van der Waals surface area contributed by atoms with Gasteiger partial charge in [-0.2, -0.15) is 0 Å². The van der Waals surface area contributed by atoms with Gasteiger partial charge < -0.3 is 10.2 Å². The second-order valence-corrected chi connectivity index (χ2v) is 2.71. The minimum atomic E-state index is -0.936. The van der Waals surface area contributed by atoms with E-state index in [1.54, 1.807) is 0 Å². The second-order valence-electron chi connectivity index (χ2n) is 2.20. The van der Waals surface area contributed by atoms with E-state index in [-0.39, 0.29) is 5.57 Å². The first-order valence-electron chi connectivity index (χ1n) is 3.26. The fourth-order valence-electron chi connectivity index (χ4n) is 0.525. The number of halogens is 1. The third-order valence-corrected chi connectivity index (χ3v) is 1.41. The summed E-state index contributed by atoms with van der Waals surface area (Å²) in [5.41, 5.74) is -0.602. The summed E-state index contributed by atoms with van der Waals surface area (Å²) in [6, 6.07) is 0. The lowest BCUT2D eigenvalue weighted by Crippen LogP contribution is -1.97. The molecule has 0 aliphatic carbocycles. The first-order chi connectivity index (χ1) is 5.04. The lowest BCUT2D eigenvalue weighted by molar-refractivity contribution is -0.132. The van der Waals surface area contributed by atoms with Crippen LogP contribution in [0.2, 0.25) is 0 Å². The molecule has 0 saturated carbocycles. The molecular weight excluding hydrogens is 168 g/mol. The molecule has 0 aromatic carbocycles. The van der Waals surface area contributed by atoms with Crippen molar-refractivity contribution in [2.45, 2.75) is 25.3 Å². The Kier molecular flexibility index (Phi) is 4.90. The van der Waals surface area contributed by atoms with Crippen LogP contribution < -0.4 is 0 Å². The zero-order valence-corrected chi connectivity index (χ0v) is 7.01. The number of aliphatic hydroxyl groups excluding tert-OH is 1. The van der Waals surface area contributed by atoms with Crippen LogP contribution in [0.25, 0.3) is 0 Å². The first kappa shape index (κ1) is 10.5. The summed E-state index contributed by atoms with van der Waals surface area (Å²) >= 11 is 5.22. The van der Waals surface area contributed by atoms with Crippen molar-refractivity contribution in [3.8, 4) is 0 Å². The molecule has 4 heteroatoms. The van der Waals surface area contributed by atoms with Crippen LogP contribution in [-0.4, -0.2) is 21.7 Å². The summed E-state index contributed by atoms with van der Waals surface area (Å²) in [6.07, 6.45) is 2.41. The van der Waals surface area contributed by atoms with Crippen molar-refractivity contribution in [3.05, 3.63) is 11.6 Å². The maximum atomic E-state index is 10.2. The van der Waals surface area contributed by atoms with Crippen LogP contribution in [0.5, 0.6) is 0 Å². The third-order valence-electron chi connectivity index (χ3n) is 1.19. The topological polar surface area (TPSA) is 57.5 Å². The molecule has 0 amide bonds. The lowest BCUT2D eigenvalue weighted by atomic mass is 10.2. The predicted octanol–water partition coefficient (Wildman–Crippen LogP) is 1.35. The highest BCUT2D eigenvalue weighted by molar-refractivity contribution is 6.19. The standard InChI is InChI=1S/C7H11ClO3/c1-5(7(10)11)3-2-4-6(8)9/h3,6,9H,2,4H2,1H3,(H,10,11). The van der Waals surface area contributed by atoms with E-state index in [9.17, 15) is 4.79 Å². The molecule has 0 aromatic rings. The second kappa shape index (κ2) is 5.16. The third kappa shape index (κ3) is 5.88. The molecule has 0 spiro atoms. The van der Waals surface area contributed by atoms with Gasteiger partial charge in [-0.25, -0.2) is 4.79 Å². The van der Waals surface area contributed by atoms with Gasteiger partial charge in [-0.3, -0.25) is 0 Å². The summed E-state index contributed by atoms with van der Waals surface area (Å²) in [4.78, 5) is 10.2. The zero-order valence-electron chi connectivity index (χ0n) is 6.25. The molecule has 0 aliphatic heterocycles. The first-order valence-corrected chi connectivity index (χ1v) is 3.70. The van der Waals surface area contributed by atoms with Crippen LogP contribution in [0.4, 0.5) is 0 Å². The molecule has 0 aromatic heterocycles. The number of hydrogen-bond donors (Lipinski definition) is 2. The number of aliphatic hydroxyl groups is 1. The number of aliphatic carboxylic acids is 1. The van der Waals surface area contributed by atoms with Crippen LogP contribution in [0.3, 0.4) is 0 Å². The molecule has 0 aliphatic rings. The molecular formula is C7H11ClO3. The Hall–Kier alpha value is -0.540. The lowest BCUT2D eigenvalue weighted by Gasteiger charge is -1.97. The van der Waals surface area contributed by atoms with E-state index in [4.69, 9.17) is 21.8 Å². The minimum Gasteiger partial charge on any atom is -0.478 e. The monoisotopic (exact) mass is 178 g/mol. The molecule has 0 rings (SSSR count). The Labute approximate surface area is 70.3 Å². The molecule has 64 valence electrons. The highest BCUT2D eigenvalue weighted by atomic mass is 35.5. The average molecular weight is 179 g/mol. The summed E-state index contributed by atoms with van der Waals surface area (Å²) < 4.78 is 0. The van der Waals surface area contributed by atoms with Gasteiger partial charge in [0.1, 0.15) is 5.56 Å². The van der Waals surface area contributed by atoms with E-state index < -0.39 is 11.5 Å². The van der Waals surface area contributed by atoms with E-state index in [1.165, 1.54) is 13.0 Å². The van der Waals surface area contributed by atoms with Gasteiger partial charge in [0.05, 0.1) is 0 Å². The van der Waals surface area contributed by atoms with Gasteiger partial charge in [0, 0.05) is 5.57 Å². The largest absolute Gasteiger partial charge is 0.478 e. The quantitative estimate of drug-likeness (QED) is 0.505. The molecule has 0 heterocycles.